The molecule has 1 N–H and O–H groups in total. The van der Waals surface area contributed by atoms with Crippen molar-refractivity contribution >= 4 is 12.1 Å². The Bertz CT molecular complexity index is 1310. The highest BCUT2D eigenvalue weighted by molar-refractivity contribution is 5.80. The molecule has 0 spiro atoms. The Hall–Kier alpha value is -3.06. The smallest absolute Gasteiger partial charge is 0.459 e. The molecule has 0 aliphatic heterocycles. The van der Waals surface area contributed by atoms with Gasteiger partial charge in [-0.15, -0.1) is 0 Å². The van der Waals surface area contributed by atoms with E-state index in [2.05, 4.69) is 14.2 Å². The molecule has 332 valence electrons. The lowest BCUT2D eigenvalue weighted by atomic mass is 9.67. The number of hydrogen-bond acceptors (Lipinski definition) is 6. The topological polar surface area (TPSA) is 82.1 Å². The van der Waals surface area contributed by atoms with Crippen LogP contribution in [0.5, 0.6) is 0 Å². The van der Waals surface area contributed by atoms with Gasteiger partial charge in [-0.25, -0.2) is 13.6 Å². The van der Waals surface area contributed by atoms with Crippen LogP contribution in [0.25, 0.3) is 0 Å². The molecule has 1 rings (SSSR count). The van der Waals surface area contributed by atoms with Gasteiger partial charge in [0.1, 0.15) is 11.2 Å². The van der Waals surface area contributed by atoms with E-state index in [1.807, 2.05) is 0 Å². The van der Waals surface area contributed by atoms with Gasteiger partial charge in [0.15, 0.2) is 0 Å². The van der Waals surface area contributed by atoms with Crippen LogP contribution >= 0.6 is 0 Å². The predicted molar refractivity (Wildman–Crippen MR) is 182 cm³/mol. The van der Waals surface area contributed by atoms with E-state index < -0.39 is 100 Å². The minimum absolute atomic E-state index is 0. The number of benzene rings is 1. The van der Waals surface area contributed by atoms with E-state index in [9.17, 15) is 54.2 Å². The van der Waals surface area contributed by atoms with E-state index in [0.717, 1.165) is 41.5 Å². The quantitative estimate of drug-likeness (QED) is 0.197. The number of rotatable bonds is 9. The van der Waals surface area contributed by atoms with E-state index >= 15 is 22.0 Å². The number of ether oxygens (including phenoxy) is 3. The van der Waals surface area contributed by atoms with Crippen LogP contribution in [0.4, 0.5) is 66.3 Å². The highest BCUT2D eigenvalue weighted by Gasteiger charge is 2.87. The number of carbonyl (C=O) groups excluding carboxylic acids is 2. The van der Waals surface area contributed by atoms with Crippen molar-refractivity contribution in [2.75, 3.05) is 0 Å². The summed E-state index contributed by atoms with van der Waals surface area (Å²) in [7, 11) is 0. The van der Waals surface area contributed by atoms with Crippen LogP contribution in [-0.4, -0.2) is 64.7 Å². The van der Waals surface area contributed by atoms with Crippen molar-refractivity contribution in [2.24, 2.45) is 5.41 Å². The Labute approximate surface area is 315 Å². The molecule has 0 aliphatic rings. The highest BCUT2D eigenvalue weighted by atomic mass is 19.4. The number of carbonyl (C=O) groups is 2. The normalized spacial score (nSPS) is 15.5. The summed E-state index contributed by atoms with van der Waals surface area (Å²) in [6.45, 7) is 6.66. The highest BCUT2D eigenvalue weighted by Crippen LogP contribution is 2.63. The fraction of sp³-hybridized carbons (Fsp3) is 0.771. The first-order chi connectivity index (χ1) is 21.4. The lowest BCUT2D eigenvalue weighted by Gasteiger charge is -2.49. The molecule has 20 heteroatoms. The zero-order chi connectivity index (χ0) is 39.3. The third-order valence-electron chi connectivity index (χ3n) is 7.22. The molecule has 0 aliphatic carbocycles. The SMILES string of the molecule is C.C.C.C.C.C.CCC(C(=O)OC(C)(C)C)(C(F)(F)F)C(F)(F)C(CC(C)c1ccc(C(O)(C(F)(F)F)C(F)(F)F)cc1)(OC(=O)OC(C)(C)C)C(F)(F)F. The minimum atomic E-state index is -6.71. The average molecular weight is 841 g/mol. The molecule has 0 radical (unpaired) electrons. The van der Waals surface area contributed by atoms with Crippen LogP contribution in [0.1, 0.15) is 130 Å². The molecule has 55 heavy (non-hydrogen) atoms. The second-order valence-corrected chi connectivity index (χ2v) is 13.2. The van der Waals surface area contributed by atoms with E-state index in [1.54, 1.807) is 0 Å². The number of aliphatic hydroxyl groups is 1. The first kappa shape index (κ1) is 63.9. The van der Waals surface area contributed by atoms with Gasteiger partial charge >= 0.3 is 42.8 Å². The molecule has 0 saturated heterocycles. The van der Waals surface area contributed by atoms with Crippen molar-refractivity contribution in [2.45, 2.75) is 172 Å². The number of hydrogen-bond donors (Lipinski definition) is 1. The van der Waals surface area contributed by atoms with Crippen molar-refractivity contribution in [1.29, 1.82) is 0 Å². The van der Waals surface area contributed by atoms with Gasteiger partial charge in [0.25, 0.3) is 11.2 Å². The second-order valence-electron chi connectivity index (χ2n) is 13.2. The average Bonchev–Trinajstić information content (AvgIpc) is 2.83. The zero-order valence-corrected chi connectivity index (χ0v) is 27.1. The van der Waals surface area contributed by atoms with Crippen molar-refractivity contribution < 1.29 is 90.4 Å². The molecule has 0 saturated carbocycles. The fourth-order valence-corrected chi connectivity index (χ4v) is 4.79. The Kier molecular flexibility index (Phi) is 22.5. The summed E-state index contributed by atoms with van der Waals surface area (Å²) in [6, 6.07) is 0.392. The maximum absolute atomic E-state index is 16.7. The van der Waals surface area contributed by atoms with Gasteiger partial charge in [-0.05, 0) is 59.4 Å². The Morgan fingerprint density at radius 3 is 1.24 bits per heavy atom. The third kappa shape index (κ3) is 12.2. The molecule has 0 amide bonds. The van der Waals surface area contributed by atoms with Crippen molar-refractivity contribution in [3.63, 3.8) is 0 Å². The van der Waals surface area contributed by atoms with Crippen LogP contribution in [0.15, 0.2) is 24.3 Å². The monoisotopic (exact) mass is 840 g/mol. The number of halogens is 14. The standard InChI is InChI=1S/C29H34F14O6.6CH4/c1-9-22(26(32,33)34,18(44)47-20(3,4)5)25(30,31)23(27(35,36)37,49-19(45)48-21(6,7)8)14-15(2)16-10-12-17(13-11-16)24(46,28(38,39)40)29(41,42)43;;;;;;/h10-13,15,46H,9,14H2,1-8H3;6*1H4. The van der Waals surface area contributed by atoms with Gasteiger partial charge in [0.2, 0.25) is 5.41 Å². The summed E-state index contributed by atoms with van der Waals surface area (Å²) in [5, 5.41) is 9.58. The van der Waals surface area contributed by atoms with Crippen LogP contribution < -0.4 is 0 Å². The van der Waals surface area contributed by atoms with E-state index in [0.29, 0.717) is 6.92 Å². The number of alkyl halides is 14. The van der Waals surface area contributed by atoms with Crippen molar-refractivity contribution in [1.82, 2.24) is 0 Å². The maximum atomic E-state index is 16.7. The fourth-order valence-electron chi connectivity index (χ4n) is 4.79. The van der Waals surface area contributed by atoms with Crippen LogP contribution in [0, 0.1) is 5.41 Å². The minimum Gasteiger partial charge on any atom is -0.459 e. The molecule has 0 heterocycles. The summed E-state index contributed by atoms with van der Waals surface area (Å²) in [5.74, 6) is -11.7. The second kappa shape index (κ2) is 19.4. The van der Waals surface area contributed by atoms with Crippen molar-refractivity contribution in [3.8, 4) is 0 Å². The molecule has 0 fully saturated rings. The molecule has 6 nitrogen and oxygen atoms in total. The lowest BCUT2D eigenvalue weighted by molar-refractivity contribution is -0.393. The molecule has 3 atom stereocenters. The van der Waals surface area contributed by atoms with Crippen LogP contribution in [0.3, 0.4) is 0 Å². The van der Waals surface area contributed by atoms with Gasteiger partial charge in [0, 0.05) is 12.0 Å². The van der Waals surface area contributed by atoms with Gasteiger partial charge in [0.05, 0.1) is 0 Å². The Morgan fingerprint density at radius 2 is 0.964 bits per heavy atom. The van der Waals surface area contributed by atoms with Gasteiger partial charge in [-0.1, -0.05) is 82.7 Å². The molecule has 0 aromatic heterocycles. The molecule has 0 bridgehead atoms. The first-order valence-electron chi connectivity index (χ1n) is 14.0. The summed E-state index contributed by atoms with van der Waals surface area (Å²) in [6.07, 6.45) is -33.2. The lowest BCUT2D eigenvalue weighted by Crippen LogP contribution is -2.73. The summed E-state index contributed by atoms with van der Waals surface area (Å²) in [5.41, 5.74) is -23.0. The summed E-state index contributed by atoms with van der Waals surface area (Å²) >= 11 is 0. The molecular weight excluding hydrogens is 782 g/mol. The van der Waals surface area contributed by atoms with Gasteiger partial charge < -0.3 is 19.3 Å². The molecule has 1 aromatic rings. The zero-order valence-electron chi connectivity index (χ0n) is 27.1. The summed E-state index contributed by atoms with van der Waals surface area (Å²) < 4.78 is 216. The van der Waals surface area contributed by atoms with Gasteiger partial charge in [-0.3, -0.25) is 4.79 Å². The summed E-state index contributed by atoms with van der Waals surface area (Å²) in [4.78, 5) is 25.6. The number of esters is 1. The maximum Gasteiger partial charge on any atom is 0.509 e. The van der Waals surface area contributed by atoms with Gasteiger partial charge in [-0.2, -0.15) is 52.7 Å². The Balaban J connectivity index is -0.00000100. The third-order valence-corrected chi connectivity index (χ3v) is 7.22. The largest absolute Gasteiger partial charge is 0.509 e. The molecular formula is C35H58F14O6. The predicted octanol–water partition coefficient (Wildman–Crippen LogP) is 13.5. The van der Waals surface area contributed by atoms with E-state index in [4.69, 9.17) is 0 Å². The van der Waals surface area contributed by atoms with Crippen molar-refractivity contribution in [3.05, 3.63) is 35.4 Å². The van der Waals surface area contributed by atoms with Crippen LogP contribution in [0.2, 0.25) is 0 Å². The van der Waals surface area contributed by atoms with E-state index in [1.165, 1.54) is 0 Å². The van der Waals surface area contributed by atoms with Crippen LogP contribution in [-0.2, 0) is 24.6 Å². The van der Waals surface area contributed by atoms with E-state index in [-0.39, 0.29) is 75.7 Å². The Morgan fingerprint density at radius 1 is 0.600 bits per heavy atom. The molecule has 1 aromatic carbocycles. The molecule has 3 unspecified atom stereocenters. The first-order valence-corrected chi connectivity index (χ1v) is 14.0.